The molecule has 0 spiro atoms. The summed E-state index contributed by atoms with van der Waals surface area (Å²) in [7, 11) is 1.83. The topological polar surface area (TPSA) is 54.0 Å². The molecule has 1 aromatic heterocycles. The van der Waals surface area contributed by atoms with Gasteiger partial charge in [-0.3, -0.25) is 4.79 Å². The average Bonchev–Trinajstić information content (AvgIpc) is 2.84. The normalized spacial score (nSPS) is 10.2. The molecule has 0 fully saturated rings. The zero-order chi connectivity index (χ0) is 13.7. The van der Waals surface area contributed by atoms with Crippen LogP contribution in [0, 0.1) is 6.92 Å². The molecule has 0 saturated carbocycles. The van der Waals surface area contributed by atoms with E-state index in [-0.39, 0.29) is 5.91 Å². The van der Waals surface area contributed by atoms with Gasteiger partial charge in [0, 0.05) is 12.4 Å². The van der Waals surface area contributed by atoms with Crippen molar-refractivity contribution < 1.29 is 4.79 Å². The number of aryl methyl sites for hydroxylation is 1. The molecule has 0 radical (unpaired) electrons. The number of hydrogen-bond donors (Lipinski definition) is 2. The van der Waals surface area contributed by atoms with E-state index in [1.54, 1.807) is 0 Å². The third-order valence-electron chi connectivity index (χ3n) is 2.68. The zero-order valence-corrected chi connectivity index (χ0v) is 11.9. The second-order valence-corrected chi connectivity index (χ2v) is 5.19. The van der Waals surface area contributed by atoms with E-state index in [0.717, 1.165) is 16.4 Å². The predicted octanol–water partition coefficient (Wildman–Crippen LogP) is 2.35. The average molecular weight is 275 g/mol. The Bertz CT molecular complexity index is 565. The molecule has 2 N–H and O–H groups in total. The molecule has 4 nitrogen and oxygen atoms in total. The summed E-state index contributed by atoms with van der Waals surface area (Å²) in [5.74, 6) is 0.0182. The van der Waals surface area contributed by atoms with E-state index in [1.807, 2.05) is 43.6 Å². The number of amides is 1. The second kappa shape index (κ2) is 6.33. The highest BCUT2D eigenvalue weighted by Gasteiger charge is 2.05. The Kier molecular flexibility index (Phi) is 4.52. The Hall–Kier alpha value is -1.88. The maximum absolute atomic E-state index is 11.8. The minimum Gasteiger partial charge on any atom is -0.365 e. The van der Waals surface area contributed by atoms with Crippen molar-refractivity contribution in [2.24, 2.45) is 0 Å². The minimum atomic E-state index is 0.0182. The highest BCUT2D eigenvalue weighted by Crippen LogP contribution is 2.14. The van der Waals surface area contributed by atoms with E-state index >= 15 is 0 Å². The van der Waals surface area contributed by atoms with E-state index in [0.29, 0.717) is 13.0 Å². The fourth-order valence-electron chi connectivity index (χ4n) is 1.76. The summed E-state index contributed by atoms with van der Waals surface area (Å²) in [6, 6.07) is 7.99. The summed E-state index contributed by atoms with van der Waals surface area (Å²) in [6.45, 7) is 2.50. The molecule has 0 atom stereocenters. The SMILES string of the molecule is CNc1nc(CNC(=O)Cc2cccc(C)c2)cs1. The Balaban J connectivity index is 1.84. The summed E-state index contributed by atoms with van der Waals surface area (Å²) >= 11 is 1.53. The van der Waals surface area contributed by atoms with Crippen LogP contribution >= 0.6 is 11.3 Å². The van der Waals surface area contributed by atoms with Gasteiger partial charge in [-0.25, -0.2) is 4.98 Å². The molecule has 1 heterocycles. The number of benzene rings is 1. The molecule has 0 aliphatic rings. The number of nitrogens with zero attached hydrogens (tertiary/aromatic N) is 1. The molecular formula is C14H17N3OS. The highest BCUT2D eigenvalue weighted by atomic mass is 32.1. The lowest BCUT2D eigenvalue weighted by molar-refractivity contribution is -0.120. The first-order valence-electron chi connectivity index (χ1n) is 6.12. The number of carbonyl (C=O) groups is 1. The van der Waals surface area contributed by atoms with Crippen LogP contribution in [0.2, 0.25) is 0 Å². The largest absolute Gasteiger partial charge is 0.365 e. The molecule has 0 unspecified atom stereocenters. The zero-order valence-electron chi connectivity index (χ0n) is 11.1. The Labute approximate surface area is 116 Å². The molecule has 0 saturated heterocycles. The van der Waals surface area contributed by atoms with Gasteiger partial charge in [0.25, 0.3) is 0 Å². The number of nitrogens with one attached hydrogen (secondary N) is 2. The highest BCUT2D eigenvalue weighted by molar-refractivity contribution is 7.13. The van der Waals surface area contributed by atoms with Crippen molar-refractivity contribution >= 4 is 22.4 Å². The fourth-order valence-corrected chi connectivity index (χ4v) is 2.43. The molecule has 0 bridgehead atoms. The van der Waals surface area contributed by atoms with Crippen LogP contribution in [0.5, 0.6) is 0 Å². The van der Waals surface area contributed by atoms with Crippen LogP contribution in [0.1, 0.15) is 16.8 Å². The van der Waals surface area contributed by atoms with E-state index in [2.05, 4.69) is 15.6 Å². The fraction of sp³-hybridized carbons (Fsp3) is 0.286. The van der Waals surface area contributed by atoms with Gasteiger partial charge in [-0.1, -0.05) is 29.8 Å². The van der Waals surface area contributed by atoms with Gasteiger partial charge < -0.3 is 10.6 Å². The summed E-state index contributed by atoms with van der Waals surface area (Å²) < 4.78 is 0. The third-order valence-corrected chi connectivity index (χ3v) is 3.59. The standard InChI is InChI=1S/C14H17N3OS/c1-10-4-3-5-11(6-10)7-13(18)16-8-12-9-19-14(15-2)17-12/h3-6,9H,7-8H2,1-2H3,(H,15,17)(H,16,18). The van der Waals surface area contributed by atoms with Crippen molar-refractivity contribution in [2.75, 3.05) is 12.4 Å². The van der Waals surface area contributed by atoms with E-state index in [9.17, 15) is 4.79 Å². The van der Waals surface area contributed by atoms with Crippen LogP contribution in [-0.2, 0) is 17.8 Å². The Morgan fingerprint density at radius 1 is 1.42 bits per heavy atom. The first-order chi connectivity index (χ1) is 9.17. The molecule has 1 amide bonds. The Morgan fingerprint density at radius 3 is 2.95 bits per heavy atom. The lowest BCUT2D eigenvalue weighted by Gasteiger charge is -2.04. The van der Waals surface area contributed by atoms with Gasteiger partial charge in [-0.05, 0) is 12.5 Å². The van der Waals surface area contributed by atoms with Crippen LogP contribution in [0.3, 0.4) is 0 Å². The number of hydrogen-bond acceptors (Lipinski definition) is 4. The van der Waals surface area contributed by atoms with Crippen LogP contribution in [0.4, 0.5) is 5.13 Å². The molecular weight excluding hydrogens is 258 g/mol. The molecule has 0 aliphatic carbocycles. The van der Waals surface area contributed by atoms with Crippen molar-refractivity contribution in [1.29, 1.82) is 0 Å². The van der Waals surface area contributed by atoms with Crippen molar-refractivity contribution in [3.8, 4) is 0 Å². The van der Waals surface area contributed by atoms with E-state index < -0.39 is 0 Å². The number of rotatable bonds is 5. The quantitative estimate of drug-likeness (QED) is 0.880. The Morgan fingerprint density at radius 2 is 2.26 bits per heavy atom. The third kappa shape index (κ3) is 4.06. The van der Waals surface area contributed by atoms with Gasteiger partial charge >= 0.3 is 0 Å². The van der Waals surface area contributed by atoms with Gasteiger partial charge in [-0.2, -0.15) is 0 Å². The first-order valence-corrected chi connectivity index (χ1v) is 7.00. The molecule has 2 rings (SSSR count). The van der Waals surface area contributed by atoms with E-state index in [1.165, 1.54) is 16.9 Å². The van der Waals surface area contributed by atoms with Crippen LogP contribution in [0.15, 0.2) is 29.6 Å². The summed E-state index contributed by atoms with van der Waals surface area (Å²) in [4.78, 5) is 16.1. The monoisotopic (exact) mass is 275 g/mol. The van der Waals surface area contributed by atoms with Crippen LogP contribution in [0.25, 0.3) is 0 Å². The van der Waals surface area contributed by atoms with Gasteiger partial charge in [0.05, 0.1) is 18.7 Å². The van der Waals surface area contributed by atoms with Gasteiger partial charge in [0.15, 0.2) is 5.13 Å². The second-order valence-electron chi connectivity index (χ2n) is 4.34. The summed E-state index contributed by atoms with van der Waals surface area (Å²) in [6.07, 6.45) is 0.407. The molecule has 19 heavy (non-hydrogen) atoms. The van der Waals surface area contributed by atoms with Crippen molar-refractivity contribution in [3.63, 3.8) is 0 Å². The molecule has 2 aromatic rings. The van der Waals surface area contributed by atoms with E-state index in [4.69, 9.17) is 0 Å². The molecule has 5 heteroatoms. The van der Waals surface area contributed by atoms with Gasteiger partial charge in [0.1, 0.15) is 0 Å². The molecule has 1 aromatic carbocycles. The maximum Gasteiger partial charge on any atom is 0.224 e. The number of anilines is 1. The van der Waals surface area contributed by atoms with Crippen LogP contribution < -0.4 is 10.6 Å². The van der Waals surface area contributed by atoms with Crippen molar-refractivity contribution in [3.05, 3.63) is 46.5 Å². The smallest absolute Gasteiger partial charge is 0.224 e. The summed E-state index contributed by atoms with van der Waals surface area (Å²) in [5, 5.41) is 8.66. The predicted molar refractivity (Wildman–Crippen MR) is 78.4 cm³/mol. The van der Waals surface area contributed by atoms with Crippen molar-refractivity contribution in [1.82, 2.24) is 10.3 Å². The van der Waals surface area contributed by atoms with Gasteiger partial charge in [0.2, 0.25) is 5.91 Å². The van der Waals surface area contributed by atoms with Crippen LogP contribution in [-0.4, -0.2) is 17.9 Å². The maximum atomic E-state index is 11.8. The number of thiazole rings is 1. The lowest BCUT2D eigenvalue weighted by atomic mass is 10.1. The summed E-state index contributed by atoms with van der Waals surface area (Å²) in [5.41, 5.74) is 3.09. The minimum absolute atomic E-state index is 0.0182. The first kappa shape index (κ1) is 13.5. The van der Waals surface area contributed by atoms with Crippen molar-refractivity contribution in [2.45, 2.75) is 19.9 Å². The number of carbonyl (C=O) groups excluding carboxylic acids is 1. The van der Waals surface area contributed by atoms with Gasteiger partial charge in [-0.15, -0.1) is 11.3 Å². The number of aromatic nitrogens is 1. The molecule has 100 valence electrons. The molecule has 0 aliphatic heterocycles. The lowest BCUT2D eigenvalue weighted by Crippen LogP contribution is -2.24.